The third-order valence-corrected chi connectivity index (χ3v) is 5.30. The van der Waals surface area contributed by atoms with Crippen LogP contribution in [0.25, 0.3) is 6.08 Å². The summed E-state index contributed by atoms with van der Waals surface area (Å²) < 4.78 is 11.0. The number of hydrogen-bond acceptors (Lipinski definition) is 4. The van der Waals surface area contributed by atoms with Crippen LogP contribution in [0.5, 0.6) is 11.5 Å². The van der Waals surface area contributed by atoms with Gasteiger partial charge in [-0.25, -0.2) is 0 Å². The third-order valence-electron chi connectivity index (χ3n) is 4.97. The number of halogens is 1. The number of Topliss-reactive ketones (excluding diaryl/α,β-unsaturated/α-hetero) is 1. The van der Waals surface area contributed by atoms with Crippen LogP contribution in [0.3, 0.4) is 0 Å². The highest BCUT2D eigenvalue weighted by molar-refractivity contribution is 6.33. The van der Waals surface area contributed by atoms with Gasteiger partial charge in [-0.05, 0) is 41.5 Å². The van der Waals surface area contributed by atoms with Crippen LogP contribution in [0.4, 0.5) is 5.69 Å². The maximum Gasteiger partial charge on any atom is 0.262 e. The third kappa shape index (κ3) is 4.62. The summed E-state index contributed by atoms with van der Waals surface area (Å²) in [4.78, 5) is 24.8. The maximum atomic E-state index is 12.6. The Morgan fingerprint density at radius 3 is 2.61 bits per heavy atom. The number of benzene rings is 3. The SMILES string of the molecule is COc1cc(/C=C2\Cc3ccccc3C2=O)ccc1OCC(=O)Nc1ccccc1Cl. The van der Waals surface area contributed by atoms with E-state index >= 15 is 0 Å². The van der Waals surface area contributed by atoms with E-state index in [-0.39, 0.29) is 18.3 Å². The van der Waals surface area contributed by atoms with Gasteiger partial charge in [0.1, 0.15) is 0 Å². The van der Waals surface area contributed by atoms with Gasteiger partial charge < -0.3 is 14.8 Å². The number of nitrogens with one attached hydrogen (secondary N) is 1. The first-order valence-corrected chi connectivity index (χ1v) is 10.1. The molecule has 1 amide bonds. The quantitative estimate of drug-likeness (QED) is 0.543. The van der Waals surface area contributed by atoms with E-state index in [2.05, 4.69) is 5.32 Å². The molecule has 0 spiro atoms. The van der Waals surface area contributed by atoms with Gasteiger partial charge in [-0.1, -0.05) is 54.1 Å². The van der Waals surface area contributed by atoms with Crippen LogP contribution in [-0.2, 0) is 11.2 Å². The largest absolute Gasteiger partial charge is 0.493 e. The Hall–Kier alpha value is -3.57. The molecule has 3 aromatic rings. The van der Waals surface area contributed by atoms with Crippen LogP contribution in [0.15, 0.2) is 72.3 Å². The van der Waals surface area contributed by atoms with Gasteiger partial charge >= 0.3 is 0 Å². The zero-order valence-electron chi connectivity index (χ0n) is 16.9. The minimum atomic E-state index is -0.337. The van der Waals surface area contributed by atoms with E-state index in [4.69, 9.17) is 21.1 Å². The molecule has 1 aliphatic carbocycles. The highest BCUT2D eigenvalue weighted by Gasteiger charge is 2.24. The molecule has 3 aromatic carbocycles. The second-order valence-electron chi connectivity index (χ2n) is 7.06. The van der Waals surface area contributed by atoms with Crippen LogP contribution >= 0.6 is 11.6 Å². The van der Waals surface area contributed by atoms with Gasteiger partial charge in [0.25, 0.3) is 5.91 Å². The first-order chi connectivity index (χ1) is 15.0. The number of carbonyl (C=O) groups excluding carboxylic acids is 2. The van der Waals surface area contributed by atoms with Crippen molar-refractivity contribution in [3.8, 4) is 11.5 Å². The van der Waals surface area contributed by atoms with E-state index in [9.17, 15) is 9.59 Å². The maximum absolute atomic E-state index is 12.6. The Morgan fingerprint density at radius 1 is 1.06 bits per heavy atom. The van der Waals surface area contributed by atoms with Crippen LogP contribution in [0.1, 0.15) is 21.5 Å². The highest BCUT2D eigenvalue weighted by atomic mass is 35.5. The van der Waals surface area contributed by atoms with Gasteiger partial charge in [0, 0.05) is 17.6 Å². The molecule has 0 bridgehead atoms. The molecule has 0 saturated carbocycles. The summed E-state index contributed by atoms with van der Waals surface area (Å²) in [5.74, 6) is 0.615. The Kier molecular flexibility index (Phi) is 6.05. The molecule has 0 aromatic heterocycles. The summed E-state index contributed by atoms with van der Waals surface area (Å²) in [6.07, 6.45) is 2.47. The zero-order chi connectivity index (χ0) is 21.8. The van der Waals surface area contributed by atoms with Crippen molar-refractivity contribution < 1.29 is 19.1 Å². The fourth-order valence-corrected chi connectivity index (χ4v) is 3.64. The summed E-state index contributed by atoms with van der Waals surface area (Å²) in [6, 6.07) is 19.9. The second-order valence-corrected chi connectivity index (χ2v) is 7.47. The monoisotopic (exact) mass is 433 g/mol. The molecular formula is C25H20ClNO4. The number of para-hydroxylation sites is 1. The molecule has 0 atom stereocenters. The molecule has 31 heavy (non-hydrogen) atoms. The van der Waals surface area contributed by atoms with Crippen LogP contribution in [0, 0.1) is 0 Å². The van der Waals surface area contributed by atoms with E-state index in [1.54, 1.807) is 36.4 Å². The summed E-state index contributed by atoms with van der Waals surface area (Å²) in [5, 5.41) is 3.16. The number of allylic oxidation sites excluding steroid dienone is 1. The summed E-state index contributed by atoms with van der Waals surface area (Å²) >= 11 is 6.06. The van der Waals surface area contributed by atoms with E-state index in [0.717, 1.165) is 22.3 Å². The van der Waals surface area contributed by atoms with Crippen molar-refractivity contribution in [2.45, 2.75) is 6.42 Å². The number of ketones is 1. The van der Waals surface area contributed by atoms with Gasteiger partial charge in [-0.15, -0.1) is 0 Å². The lowest BCUT2D eigenvalue weighted by Crippen LogP contribution is -2.20. The van der Waals surface area contributed by atoms with Gasteiger partial charge in [-0.2, -0.15) is 0 Å². The molecule has 5 nitrogen and oxygen atoms in total. The Balaban J connectivity index is 1.45. The molecule has 156 valence electrons. The van der Waals surface area contributed by atoms with Crippen LogP contribution in [0.2, 0.25) is 5.02 Å². The predicted octanol–water partition coefficient (Wildman–Crippen LogP) is 5.19. The van der Waals surface area contributed by atoms with Crippen molar-refractivity contribution in [3.05, 3.63) is 94.0 Å². The fourth-order valence-electron chi connectivity index (χ4n) is 3.46. The van der Waals surface area contributed by atoms with Gasteiger partial charge in [0.15, 0.2) is 23.9 Å². The lowest BCUT2D eigenvalue weighted by molar-refractivity contribution is -0.118. The van der Waals surface area contributed by atoms with Crippen molar-refractivity contribution in [2.75, 3.05) is 19.0 Å². The van der Waals surface area contributed by atoms with Crippen LogP contribution < -0.4 is 14.8 Å². The number of rotatable bonds is 6. The molecule has 1 aliphatic rings. The molecule has 0 saturated heterocycles. The normalized spacial score (nSPS) is 13.7. The van der Waals surface area contributed by atoms with E-state index in [1.165, 1.54) is 7.11 Å². The van der Waals surface area contributed by atoms with Crippen molar-refractivity contribution >= 4 is 35.1 Å². The molecule has 0 fully saturated rings. The number of fused-ring (bicyclic) bond motifs is 1. The summed E-state index contributed by atoms with van der Waals surface area (Å²) in [7, 11) is 1.53. The van der Waals surface area contributed by atoms with Crippen LogP contribution in [-0.4, -0.2) is 25.4 Å². The first kappa shape index (κ1) is 20.7. The molecule has 0 heterocycles. The molecule has 0 radical (unpaired) electrons. The lowest BCUT2D eigenvalue weighted by Gasteiger charge is -2.12. The molecule has 0 aliphatic heterocycles. The minimum Gasteiger partial charge on any atom is -0.493 e. The first-order valence-electron chi connectivity index (χ1n) is 9.73. The van der Waals surface area contributed by atoms with Crippen molar-refractivity contribution in [3.63, 3.8) is 0 Å². The molecular weight excluding hydrogens is 414 g/mol. The van der Waals surface area contributed by atoms with Gasteiger partial charge in [0.05, 0.1) is 17.8 Å². The average molecular weight is 434 g/mol. The zero-order valence-corrected chi connectivity index (χ0v) is 17.6. The minimum absolute atomic E-state index is 0.0473. The predicted molar refractivity (Wildman–Crippen MR) is 121 cm³/mol. The summed E-state index contributed by atoms with van der Waals surface area (Å²) in [6.45, 7) is -0.199. The van der Waals surface area contributed by atoms with Gasteiger partial charge in [-0.3, -0.25) is 9.59 Å². The van der Waals surface area contributed by atoms with Crippen molar-refractivity contribution in [1.82, 2.24) is 0 Å². The Bertz CT molecular complexity index is 1190. The van der Waals surface area contributed by atoms with E-state index < -0.39 is 0 Å². The molecule has 4 rings (SSSR count). The molecule has 6 heteroatoms. The lowest BCUT2D eigenvalue weighted by atomic mass is 10.1. The summed E-state index contributed by atoms with van der Waals surface area (Å²) in [5.41, 5.74) is 3.87. The van der Waals surface area contributed by atoms with E-state index in [1.807, 2.05) is 36.4 Å². The number of carbonyl (C=O) groups is 2. The number of methoxy groups -OCH3 is 1. The topological polar surface area (TPSA) is 64.6 Å². The average Bonchev–Trinajstić information content (AvgIpc) is 3.09. The Morgan fingerprint density at radius 2 is 1.84 bits per heavy atom. The number of ether oxygens (including phenoxy) is 2. The smallest absolute Gasteiger partial charge is 0.262 e. The Labute approximate surface area is 185 Å². The van der Waals surface area contributed by atoms with E-state index in [0.29, 0.717) is 28.6 Å². The fraction of sp³-hybridized carbons (Fsp3) is 0.120. The highest BCUT2D eigenvalue weighted by Crippen LogP contribution is 2.32. The van der Waals surface area contributed by atoms with Crippen molar-refractivity contribution in [1.29, 1.82) is 0 Å². The molecule has 0 unspecified atom stereocenters. The second kappa shape index (κ2) is 9.06. The number of anilines is 1. The molecule has 1 N–H and O–H groups in total. The van der Waals surface area contributed by atoms with Crippen molar-refractivity contribution in [2.24, 2.45) is 0 Å². The standard InChI is InChI=1S/C25H20ClNO4/c1-30-23-13-16(12-18-14-17-6-2-3-7-19(17)25(18)29)10-11-22(23)31-15-24(28)27-21-9-5-4-8-20(21)26/h2-13H,14-15H2,1H3,(H,27,28)/b18-12+. The van der Waals surface area contributed by atoms with Gasteiger partial charge in [0.2, 0.25) is 0 Å². The number of amides is 1. The number of hydrogen-bond donors (Lipinski definition) is 1.